The molecule has 0 bridgehead atoms. The van der Waals surface area contributed by atoms with Gasteiger partial charge in [-0.1, -0.05) is 72.8 Å². The maximum absolute atomic E-state index is 2.32. The minimum Gasteiger partial charge on any atom is -0.0622 e. The zero-order valence-corrected chi connectivity index (χ0v) is 10.6. The summed E-state index contributed by atoms with van der Waals surface area (Å²) in [6, 6.07) is 28.3. The number of benzene rings is 3. The van der Waals surface area contributed by atoms with E-state index in [0.717, 1.165) is 0 Å². The van der Waals surface area contributed by atoms with Crippen molar-refractivity contribution in [2.45, 2.75) is 5.92 Å². The van der Waals surface area contributed by atoms with E-state index in [9.17, 15) is 0 Å². The van der Waals surface area contributed by atoms with Gasteiger partial charge >= 0.3 is 0 Å². The highest BCUT2D eigenvalue weighted by atomic mass is 14.3. The molecule has 0 aliphatic heterocycles. The zero-order valence-electron chi connectivity index (χ0n) is 10.6. The van der Waals surface area contributed by atoms with Crippen molar-refractivity contribution < 1.29 is 0 Å². The summed E-state index contributed by atoms with van der Waals surface area (Å²) in [7, 11) is 0. The normalized spacial score (nSPS) is 11.6. The molecule has 2 aliphatic rings. The lowest BCUT2D eigenvalue weighted by Crippen LogP contribution is -2.10. The summed E-state index contributed by atoms with van der Waals surface area (Å²) in [4.78, 5) is 0. The van der Waals surface area contributed by atoms with Gasteiger partial charge in [-0.15, -0.1) is 0 Å². The van der Waals surface area contributed by atoms with E-state index in [1.807, 2.05) is 0 Å². The van der Waals surface area contributed by atoms with E-state index >= 15 is 0 Å². The standard InChI is InChI=1S/C19H14/c1-3-7-14(8-4-1)19(15-9-5-2-6-10-15)18-13-16-11-12-17(16)18/h1-13,19H. The SMILES string of the molecule is c1ccc(C(c2ccccc2)c2cc3ccc2-3)cc1. The van der Waals surface area contributed by atoms with Crippen LogP contribution < -0.4 is 0 Å². The molecule has 2 aliphatic carbocycles. The third kappa shape index (κ3) is 1.61. The smallest absolute Gasteiger partial charge is 0.0346 e. The lowest BCUT2D eigenvalue weighted by atomic mass is 9.75. The molecular weight excluding hydrogens is 228 g/mol. The second-order valence-electron chi connectivity index (χ2n) is 5.06. The highest BCUT2D eigenvalue weighted by molar-refractivity contribution is 5.83. The van der Waals surface area contributed by atoms with Crippen LogP contribution in [0.1, 0.15) is 22.6 Å². The summed E-state index contributed by atoms with van der Waals surface area (Å²) in [6.45, 7) is 0. The van der Waals surface area contributed by atoms with Crippen molar-refractivity contribution in [2.75, 3.05) is 0 Å². The summed E-state index contributed by atoms with van der Waals surface area (Å²) < 4.78 is 0. The van der Waals surface area contributed by atoms with Crippen LogP contribution in [0.25, 0.3) is 11.1 Å². The lowest BCUT2D eigenvalue weighted by Gasteiger charge is -2.29. The molecule has 4 rings (SSSR count). The van der Waals surface area contributed by atoms with E-state index in [0.29, 0.717) is 5.92 Å². The molecule has 0 amide bonds. The van der Waals surface area contributed by atoms with Crippen molar-refractivity contribution in [3.05, 3.63) is 95.6 Å². The Kier molecular flexibility index (Phi) is 2.28. The fourth-order valence-electron chi connectivity index (χ4n) is 2.90. The molecule has 90 valence electrons. The third-order valence-corrected chi connectivity index (χ3v) is 3.94. The van der Waals surface area contributed by atoms with E-state index in [2.05, 4.69) is 78.9 Å². The van der Waals surface area contributed by atoms with Crippen molar-refractivity contribution >= 4 is 0 Å². The van der Waals surface area contributed by atoms with Gasteiger partial charge in [0.05, 0.1) is 0 Å². The van der Waals surface area contributed by atoms with Gasteiger partial charge in [-0.05, 0) is 33.9 Å². The summed E-state index contributed by atoms with van der Waals surface area (Å²) >= 11 is 0. The van der Waals surface area contributed by atoms with Crippen molar-refractivity contribution in [1.29, 1.82) is 0 Å². The molecule has 0 radical (unpaired) electrons. The van der Waals surface area contributed by atoms with Gasteiger partial charge in [-0.25, -0.2) is 0 Å². The van der Waals surface area contributed by atoms with Gasteiger partial charge in [-0.3, -0.25) is 0 Å². The van der Waals surface area contributed by atoms with Gasteiger partial charge < -0.3 is 0 Å². The van der Waals surface area contributed by atoms with Gasteiger partial charge in [0, 0.05) is 5.92 Å². The molecule has 0 unspecified atom stereocenters. The fourth-order valence-corrected chi connectivity index (χ4v) is 2.90. The molecule has 0 nitrogen and oxygen atoms in total. The Morgan fingerprint density at radius 3 is 1.53 bits per heavy atom. The molecule has 19 heavy (non-hydrogen) atoms. The van der Waals surface area contributed by atoms with Crippen LogP contribution in [0.3, 0.4) is 0 Å². The molecule has 2 aromatic rings. The molecule has 0 fully saturated rings. The summed E-state index contributed by atoms with van der Waals surface area (Å²) in [5.74, 6) is 0.367. The average Bonchev–Trinajstić information content (AvgIpc) is 2.46. The minimum absolute atomic E-state index is 0.367. The topological polar surface area (TPSA) is 0 Å². The molecule has 0 spiro atoms. The molecule has 0 atom stereocenters. The molecule has 0 heterocycles. The average molecular weight is 242 g/mol. The zero-order chi connectivity index (χ0) is 12.7. The van der Waals surface area contributed by atoms with Crippen LogP contribution in [0, 0.1) is 0 Å². The monoisotopic (exact) mass is 242 g/mol. The van der Waals surface area contributed by atoms with Gasteiger partial charge in [0.15, 0.2) is 0 Å². The third-order valence-electron chi connectivity index (χ3n) is 3.94. The van der Waals surface area contributed by atoms with Crippen LogP contribution in [0.15, 0.2) is 78.9 Å². The van der Waals surface area contributed by atoms with Gasteiger partial charge in [0.1, 0.15) is 0 Å². The Morgan fingerprint density at radius 2 is 1.16 bits per heavy atom. The first-order valence-corrected chi connectivity index (χ1v) is 6.68. The minimum atomic E-state index is 0.367. The molecular formula is C19H14. The van der Waals surface area contributed by atoms with E-state index in [1.54, 1.807) is 0 Å². The first-order chi connectivity index (χ1) is 9.43. The number of hydrogen-bond acceptors (Lipinski definition) is 0. The first-order valence-electron chi connectivity index (χ1n) is 6.68. The lowest BCUT2D eigenvalue weighted by molar-refractivity contribution is 0.967. The van der Waals surface area contributed by atoms with E-state index in [4.69, 9.17) is 0 Å². The van der Waals surface area contributed by atoms with E-state index in [-0.39, 0.29) is 0 Å². The molecule has 2 aromatic carbocycles. The highest BCUT2D eigenvalue weighted by Gasteiger charge is 2.26. The number of hydrogen-bond donors (Lipinski definition) is 0. The predicted molar refractivity (Wildman–Crippen MR) is 79.3 cm³/mol. The van der Waals surface area contributed by atoms with Crippen LogP contribution in [0.5, 0.6) is 0 Å². The fraction of sp³-hybridized carbons (Fsp3) is 0.0526. The van der Waals surface area contributed by atoms with Crippen LogP contribution in [-0.4, -0.2) is 0 Å². The van der Waals surface area contributed by atoms with E-state index < -0.39 is 0 Å². The molecule has 0 N–H and O–H groups in total. The van der Waals surface area contributed by atoms with Crippen LogP contribution in [0.2, 0.25) is 0 Å². The second kappa shape index (κ2) is 4.10. The Morgan fingerprint density at radius 1 is 0.579 bits per heavy atom. The van der Waals surface area contributed by atoms with Crippen molar-refractivity contribution in [2.24, 2.45) is 0 Å². The van der Waals surface area contributed by atoms with E-state index in [1.165, 1.54) is 27.8 Å². The summed E-state index contributed by atoms with van der Waals surface area (Å²) in [6.07, 6.45) is 0. The molecule has 0 saturated carbocycles. The Bertz CT molecular complexity index is 661. The van der Waals surface area contributed by atoms with Crippen LogP contribution in [-0.2, 0) is 0 Å². The molecule has 0 saturated heterocycles. The Hall–Kier alpha value is -2.34. The quantitative estimate of drug-likeness (QED) is 0.451. The highest BCUT2D eigenvalue weighted by Crippen LogP contribution is 2.45. The Labute approximate surface area is 113 Å². The molecule has 0 heteroatoms. The predicted octanol–water partition coefficient (Wildman–Crippen LogP) is 4.85. The van der Waals surface area contributed by atoms with Crippen molar-refractivity contribution in [3.63, 3.8) is 0 Å². The van der Waals surface area contributed by atoms with Gasteiger partial charge in [0.2, 0.25) is 0 Å². The van der Waals surface area contributed by atoms with Crippen molar-refractivity contribution in [1.82, 2.24) is 0 Å². The number of fused-ring (bicyclic) bond motifs is 1. The first kappa shape index (κ1) is 10.6. The van der Waals surface area contributed by atoms with Gasteiger partial charge in [-0.2, -0.15) is 0 Å². The number of rotatable bonds is 3. The largest absolute Gasteiger partial charge is 0.0622 e. The Balaban J connectivity index is 1.86. The van der Waals surface area contributed by atoms with Crippen LogP contribution in [0.4, 0.5) is 0 Å². The van der Waals surface area contributed by atoms with Crippen molar-refractivity contribution in [3.8, 4) is 11.1 Å². The maximum Gasteiger partial charge on any atom is 0.0346 e. The summed E-state index contributed by atoms with van der Waals surface area (Å²) in [5, 5.41) is 0. The maximum atomic E-state index is 2.32. The molecule has 0 aromatic heterocycles. The second-order valence-corrected chi connectivity index (χ2v) is 5.06. The van der Waals surface area contributed by atoms with Crippen LogP contribution >= 0.6 is 0 Å². The van der Waals surface area contributed by atoms with Gasteiger partial charge in [0.25, 0.3) is 0 Å². The summed E-state index contributed by atoms with van der Waals surface area (Å²) in [5.41, 5.74) is 7.04.